The second-order valence-corrected chi connectivity index (χ2v) is 13.3. The molecule has 1 heteroatoms. The Kier molecular flexibility index (Phi) is 5.76. The van der Waals surface area contributed by atoms with Crippen LogP contribution in [0.25, 0.3) is 11.1 Å². The Balaban J connectivity index is 1.79. The van der Waals surface area contributed by atoms with E-state index in [1.54, 1.807) is 0 Å². The molecule has 0 amide bonds. The first-order valence-corrected chi connectivity index (χ1v) is 12.8. The van der Waals surface area contributed by atoms with Gasteiger partial charge in [0.25, 0.3) is 0 Å². The third-order valence-corrected chi connectivity index (χ3v) is 7.15. The van der Waals surface area contributed by atoms with Crippen LogP contribution in [0, 0.1) is 11.8 Å². The monoisotopic (exact) mass is 354 g/mol. The van der Waals surface area contributed by atoms with Gasteiger partial charge in [0.15, 0.2) is 0 Å². The average molecular weight is 355 g/mol. The van der Waals surface area contributed by atoms with E-state index >= 15 is 0 Å². The molecule has 1 atom stereocenters. The zero-order valence-electron chi connectivity index (χ0n) is 15.9. The summed E-state index contributed by atoms with van der Waals surface area (Å²) < 4.78 is 0. The van der Waals surface area contributed by atoms with Gasteiger partial charge in [0.2, 0.25) is 0 Å². The Morgan fingerprint density at radius 1 is 0.692 bits per heavy atom. The van der Waals surface area contributed by atoms with Crippen LogP contribution in [0.5, 0.6) is 0 Å². The van der Waals surface area contributed by atoms with Crippen LogP contribution >= 0.6 is 0 Å². The van der Waals surface area contributed by atoms with Crippen LogP contribution in [0.4, 0.5) is 0 Å². The van der Waals surface area contributed by atoms with Gasteiger partial charge in [-0.2, -0.15) is 0 Å². The summed E-state index contributed by atoms with van der Waals surface area (Å²) in [7, 11) is -1.36. The van der Waals surface area contributed by atoms with E-state index in [0.717, 1.165) is 12.0 Å². The van der Waals surface area contributed by atoms with Crippen molar-refractivity contribution in [2.45, 2.75) is 31.6 Å². The van der Waals surface area contributed by atoms with E-state index in [-0.39, 0.29) is 0 Å². The van der Waals surface area contributed by atoms with Gasteiger partial charge < -0.3 is 0 Å². The van der Waals surface area contributed by atoms with Gasteiger partial charge in [-0.15, -0.1) is 0 Å². The molecule has 0 radical (unpaired) electrons. The molecule has 3 aromatic carbocycles. The highest BCUT2D eigenvalue weighted by Gasteiger charge is 2.25. The molecule has 0 saturated carbocycles. The third kappa shape index (κ3) is 4.97. The maximum atomic E-state index is 3.60. The van der Waals surface area contributed by atoms with E-state index in [9.17, 15) is 0 Å². The van der Waals surface area contributed by atoms with E-state index in [4.69, 9.17) is 0 Å². The van der Waals surface area contributed by atoms with E-state index < -0.39 is 8.07 Å². The van der Waals surface area contributed by atoms with Crippen molar-refractivity contribution in [3.8, 4) is 23.0 Å². The molecule has 0 unspecified atom stereocenters. The molecule has 3 aromatic rings. The maximum Gasteiger partial charge on any atom is 0.0617 e. The summed E-state index contributed by atoms with van der Waals surface area (Å²) in [6.07, 6.45) is 1.05. The minimum atomic E-state index is -1.36. The predicted octanol–water partition coefficient (Wildman–Crippen LogP) is 6.66. The van der Waals surface area contributed by atoms with Crippen LogP contribution in [0.15, 0.2) is 84.9 Å². The molecule has 0 nitrogen and oxygen atoms in total. The summed E-state index contributed by atoms with van der Waals surface area (Å²) in [5.74, 6) is 7.03. The lowest BCUT2D eigenvalue weighted by molar-refractivity contribution is 0.978. The standard InChI is InChI=1S/C25H26Si/c1-26(2,3)25(20-22-10-6-4-7-11-22)19-16-21-14-17-24(18-15-21)23-12-8-5-9-13-23/h4-15,17-18,25H,20H2,1-3H3/t25-/m0/s1. The van der Waals surface area contributed by atoms with Gasteiger partial charge in [0, 0.05) is 11.1 Å². The topological polar surface area (TPSA) is 0 Å². The third-order valence-electron chi connectivity index (χ3n) is 4.71. The molecular weight excluding hydrogens is 328 g/mol. The Morgan fingerprint density at radius 3 is 1.81 bits per heavy atom. The lowest BCUT2D eigenvalue weighted by atomic mass is 10.0. The summed E-state index contributed by atoms with van der Waals surface area (Å²) in [4.78, 5) is 0. The van der Waals surface area contributed by atoms with Gasteiger partial charge in [0.05, 0.1) is 8.07 Å². The minimum absolute atomic E-state index is 0.457. The smallest absolute Gasteiger partial charge is 0.0617 e. The Morgan fingerprint density at radius 2 is 1.23 bits per heavy atom. The molecule has 0 aliphatic rings. The Hall–Kier alpha value is -2.56. The van der Waals surface area contributed by atoms with Crippen molar-refractivity contribution in [1.29, 1.82) is 0 Å². The highest BCUT2D eigenvalue weighted by Crippen LogP contribution is 2.26. The van der Waals surface area contributed by atoms with Crippen LogP contribution in [-0.2, 0) is 6.42 Å². The van der Waals surface area contributed by atoms with Gasteiger partial charge in [-0.25, -0.2) is 0 Å². The molecule has 26 heavy (non-hydrogen) atoms. The lowest BCUT2D eigenvalue weighted by Crippen LogP contribution is -2.28. The van der Waals surface area contributed by atoms with Crippen LogP contribution in [0.1, 0.15) is 11.1 Å². The maximum absolute atomic E-state index is 3.60. The van der Waals surface area contributed by atoms with Crippen molar-refractivity contribution in [2.75, 3.05) is 0 Å². The second kappa shape index (κ2) is 8.21. The molecule has 130 valence electrons. The number of rotatable bonds is 4. The van der Waals surface area contributed by atoms with E-state index in [0.29, 0.717) is 5.54 Å². The van der Waals surface area contributed by atoms with Crippen LogP contribution < -0.4 is 0 Å². The predicted molar refractivity (Wildman–Crippen MR) is 116 cm³/mol. The number of benzene rings is 3. The molecule has 3 rings (SSSR count). The molecule has 0 aliphatic carbocycles. The molecule has 0 fully saturated rings. The minimum Gasteiger partial charge on any atom is -0.0973 e. The number of hydrogen-bond donors (Lipinski definition) is 0. The van der Waals surface area contributed by atoms with Crippen molar-refractivity contribution in [2.24, 2.45) is 0 Å². The SMILES string of the molecule is C[Si](C)(C)[C@@H](C#Cc1ccc(-c2ccccc2)cc1)Cc1ccccc1. The lowest BCUT2D eigenvalue weighted by Gasteiger charge is -2.24. The fourth-order valence-electron chi connectivity index (χ4n) is 2.97. The summed E-state index contributed by atoms with van der Waals surface area (Å²) in [6.45, 7) is 7.23. The summed E-state index contributed by atoms with van der Waals surface area (Å²) >= 11 is 0. The first-order chi connectivity index (χ1) is 12.5. The van der Waals surface area contributed by atoms with Crippen molar-refractivity contribution >= 4 is 8.07 Å². The summed E-state index contributed by atoms with van der Waals surface area (Å²) in [5.41, 5.74) is 5.42. The molecule has 0 saturated heterocycles. The highest BCUT2D eigenvalue weighted by molar-refractivity contribution is 6.78. The van der Waals surface area contributed by atoms with Crippen molar-refractivity contribution in [3.05, 3.63) is 96.1 Å². The molecule has 0 heterocycles. The van der Waals surface area contributed by atoms with E-state index in [1.165, 1.54) is 16.7 Å². The van der Waals surface area contributed by atoms with Gasteiger partial charge in [-0.05, 0) is 35.2 Å². The van der Waals surface area contributed by atoms with E-state index in [2.05, 4.69) is 110 Å². The summed E-state index contributed by atoms with van der Waals surface area (Å²) in [6, 6.07) is 29.8. The zero-order chi connectivity index (χ0) is 18.4. The Bertz CT molecular complexity index is 876. The number of hydrogen-bond acceptors (Lipinski definition) is 0. The molecule has 0 aliphatic heterocycles. The Labute approximate surface area is 158 Å². The molecule has 0 spiro atoms. The van der Waals surface area contributed by atoms with Crippen molar-refractivity contribution < 1.29 is 0 Å². The van der Waals surface area contributed by atoms with Gasteiger partial charge >= 0.3 is 0 Å². The highest BCUT2D eigenvalue weighted by atomic mass is 28.3. The largest absolute Gasteiger partial charge is 0.0973 e. The molecule has 0 bridgehead atoms. The van der Waals surface area contributed by atoms with Gasteiger partial charge in [-0.1, -0.05) is 104 Å². The van der Waals surface area contributed by atoms with Crippen LogP contribution in [-0.4, -0.2) is 8.07 Å². The normalized spacial score (nSPS) is 12.1. The van der Waals surface area contributed by atoms with E-state index in [1.807, 2.05) is 6.07 Å². The van der Waals surface area contributed by atoms with Gasteiger partial charge in [0.1, 0.15) is 0 Å². The molecular formula is C25H26Si. The first kappa shape index (κ1) is 18.2. The first-order valence-electron chi connectivity index (χ1n) is 9.23. The average Bonchev–Trinajstić information content (AvgIpc) is 2.66. The molecule has 0 aromatic heterocycles. The zero-order valence-corrected chi connectivity index (χ0v) is 16.9. The fourth-order valence-corrected chi connectivity index (χ4v) is 4.32. The van der Waals surface area contributed by atoms with Crippen LogP contribution in [0.3, 0.4) is 0 Å². The van der Waals surface area contributed by atoms with Gasteiger partial charge in [-0.3, -0.25) is 0 Å². The van der Waals surface area contributed by atoms with Crippen LogP contribution in [0.2, 0.25) is 25.2 Å². The molecule has 0 N–H and O–H groups in total. The quantitative estimate of drug-likeness (QED) is 0.363. The van der Waals surface area contributed by atoms with Crippen molar-refractivity contribution in [1.82, 2.24) is 0 Å². The second-order valence-electron chi connectivity index (χ2n) is 7.82. The van der Waals surface area contributed by atoms with Crippen molar-refractivity contribution in [3.63, 3.8) is 0 Å². The fraction of sp³-hybridized carbons (Fsp3) is 0.200. The summed E-state index contributed by atoms with van der Waals surface area (Å²) in [5, 5.41) is 0.